The number of unbranched alkanes of at least 4 members (excludes halogenated alkanes) is 1. The number of aromatic nitrogens is 2. The molecule has 20 heavy (non-hydrogen) atoms. The number of rotatable bonds is 8. The first-order chi connectivity index (χ1) is 9.51. The summed E-state index contributed by atoms with van der Waals surface area (Å²) in [5.74, 6) is 1.27. The minimum Gasteiger partial charge on any atom is -0.473 e. The highest BCUT2D eigenvalue weighted by Gasteiger charge is 2.20. The number of nitrogens with two attached hydrogens (primary N) is 1. The smallest absolute Gasteiger partial charge is 0.242 e. The van der Waals surface area contributed by atoms with Crippen LogP contribution in [0.3, 0.4) is 0 Å². The Labute approximate surface area is 122 Å². The number of ether oxygens (including phenoxy) is 1. The second kappa shape index (κ2) is 7.92. The predicted molar refractivity (Wildman–Crippen MR) is 84.2 cm³/mol. The molecule has 1 aromatic heterocycles. The largest absolute Gasteiger partial charge is 0.473 e. The summed E-state index contributed by atoms with van der Waals surface area (Å²) < 4.78 is 5.65. The van der Waals surface area contributed by atoms with Crippen LogP contribution in [0.1, 0.15) is 53.9 Å². The average molecular weight is 280 g/mol. The lowest BCUT2D eigenvalue weighted by Crippen LogP contribution is -2.35. The van der Waals surface area contributed by atoms with E-state index in [1.807, 2.05) is 13.8 Å². The highest BCUT2D eigenvalue weighted by molar-refractivity contribution is 5.68. The summed E-state index contributed by atoms with van der Waals surface area (Å²) in [5, 5.41) is 0. The zero-order chi connectivity index (χ0) is 15.1. The van der Waals surface area contributed by atoms with Gasteiger partial charge in [-0.3, -0.25) is 0 Å². The lowest BCUT2D eigenvalue weighted by atomic mass is 10.2. The summed E-state index contributed by atoms with van der Waals surface area (Å²) in [5.41, 5.74) is 6.74. The fraction of sp³-hybridized carbons (Fsp3) is 0.733. The molecular weight excluding hydrogens is 252 g/mol. The molecule has 1 rings (SSSR count). The van der Waals surface area contributed by atoms with E-state index in [0.717, 1.165) is 31.6 Å². The molecule has 114 valence electrons. The van der Waals surface area contributed by atoms with Gasteiger partial charge in [0, 0.05) is 12.6 Å². The summed E-state index contributed by atoms with van der Waals surface area (Å²) in [6.07, 6.45) is 4.90. The first-order valence-electron chi connectivity index (χ1n) is 7.54. The Morgan fingerprint density at radius 3 is 2.50 bits per heavy atom. The zero-order valence-corrected chi connectivity index (χ0v) is 13.4. The maximum Gasteiger partial charge on any atom is 0.242 e. The third kappa shape index (κ3) is 4.25. The Morgan fingerprint density at radius 1 is 1.25 bits per heavy atom. The van der Waals surface area contributed by atoms with Gasteiger partial charge in [-0.2, -0.15) is 4.98 Å². The van der Waals surface area contributed by atoms with Gasteiger partial charge in [0.2, 0.25) is 5.88 Å². The van der Waals surface area contributed by atoms with Crippen molar-refractivity contribution in [2.24, 2.45) is 0 Å². The topological polar surface area (TPSA) is 64.3 Å². The lowest BCUT2D eigenvalue weighted by Gasteiger charge is -2.30. The number of hydrogen-bond donors (Lipinski definition) is 1. The second-order valence-electron chi connectivity index (χ2n) is 5.39. The molecule has 1 heterocycles. The van der Waals surface area contributed by atoms with Crippen molar-refractivity contribution in [3.63, 3.8) is 0 Å². The van der Waals surface area contributed by atoms with Gasteiger partial charge in [0.15, 0.2) is 5.82 Å². The van der Waals surface area contributed by atoms with Gasteiger partial charge in [0.05, 0.1) is 6.10 Å². The maximum absolute atomic E-state index is 6.21. The Bertz CT molecular complexity index is 409. The van der Waals surface area contributed by atoms with E-state index in [1.54, 1.807) is 0 Å². The summed E-state index contributed by atoms with van der Waals surface area (Å²) in [6, 6.07) is 0.394. The van der Waals surface area contributed by atoms with Crippen molar-refractivity contribution in [3.05, 3.63) is 6.33 Å². The van der Waals surface area contributed by atoms with Crippen molar-refractivity contribution in [2.75, 3.05) is 17.2 Å². The van der Waals surface area contributed by atoms with Crippen LogP contribution in [-0.4, -0.2) is 28.7 Å². The van der Waals surface area contributed by atoms with E-state index in [1.165, 1.54) is 6.33 Å². The summed E-state index contributed by atoms with van der Waals surface area (Å²) >= 11 is 0. The molecule has 1 aromatic rings. The quantitative estimate of drug-likeness (QED) is 0.792. The summed E-state index contributed by atoms with van der Waals surface area (Å²) in [6.45, 7) is 11.4. The van der Waals surface area contributed by atoms with E-state index in [4.69, 9.17) is 10.5 Å². The fourth-order valence-corrected chi connectivity index (χ4v) is 2.00. The molecule has 0 aliphatic carbocycles. The summed E-state index contributed by atoms with van der Waals surface area (Å²) in [7, 11) is 0. The van der Waals surface area contributed by atoms with Crippen LogP contribution in [0.15, 0.2) is 6.33 Å². The third-order valence-electron chi connectivity index (χ3n) is 3.32. The van der Waals surface area contributed by atoms with E-state index in [2.05, 4.69) is 35.6 Å². The molecule has 0 saturated carbocycles. The van der Waals surface area contributed by atoms with Crippen LogP contribution in [0.2, 0.25) is 0 Å². The van der Waals surface area contributed by atoms with Gasteiger partial charge in [-0.1, -0.05) is 20.3 Å². The first kappa shape index (κ1) is 16.5. The fourth-order valence-electron chi connectivity index (χ4n) is 2.00. The normalized spacial score (nSPS) is 12.5. The number of hydrogen-bond acceptors (Lipinski definition) is 5. The van der Waals surface area contributed by atoms with Crippen molar-refractivity contribution in [1.82, 2.24) is 9.97 Å². The highest BCUT2D eigenvalue weighted by atomic mass is 16.5. The van der Waals surface area contributed by atoms with Crippen LogP contribution in [0.5, 0.6) is 5.88 Å². The van der Waals surface area contributed by atoms with Crippen molar-refractivity contribution in [3.8, 4) is 5.88 Å². The van der Waals surface area contributed by atoms with Crippen molar-refractivity contribution in [2.45, 2.75) is 66.0 Å². The minimum absolute atomic E-state index is 0.0488. The highest BCUT2D eigenvalue weighted by Crippen LogP contribution is 2.30. The van der Waals surface area contributed by atoms with Crippen LogP contribution in [-0.2, 0) is 0 Å². The molecule has 0 radical (unpaired) electrons. The van der Waals surface area contributed by atoms with E-state index in [9.17, 15) is 0 Å². The van der Waals surface area contributed by atoms with Crippen molar-refractivity contribution >= 4 is 11.5 Å². The van der Waals surface area contributed by atoms with Gasteiger partial charge >= 0.3 is 0 Å². The molecule has 0 spiro atoms. The van der Waals surface area contributed by atoms with Gasteiger partial charge in [0.25, 0.3) is 0 Å². The van der Waals surface area contributed by atoms with E-state index in [0.29, 0.717) is 17.6 Å². The molecule has 5 heteroatoms. The number of nitrogen functional groups attached to an aromatic ring is 1. The molecular formula is C15H28N4O. The molecule has 0 aliphatic rings. The predicted octanol–water partition coefficient (Wildman–Crippen LogP) is 3.25. The van der Waals surface area contributed by atoms with Crippen LogP contribution in [0.25, 0.3) is 0 Å². The molecule has 0 amide bonds. The number of nitrogens with zero attached hydrogens (tertiary/aromatic N) is 3. The molecule has 1 unspecified atom stereocenters. The second-order valence-corrected chi connectivity index (χ2v) is 5.39. The van der Waals surface area contributed by atoms with E-state index in [-0.39, 0.29) is 6.10 Å². The van der Waals surface area contributed by atoms with Gasteiger partial charge in [-0.05, 0) is 33.6 Å². The molecule has 1 atom stereocenters. The van der Waals surface area contributed by atoms with Gasteiger partial charge < -0.3 is 15.4 Å². The van der Waals surface area contributed by atoms with Gasteiger partial charge in [-0.15, -0.1) is 0 Å². The molecule has 0 aliphatic heterocycles. The third-order valence-corrected chi connectivity index (χ3v) is 3.32. The zero-order valence-electron chi connectivity index (χ0n) is 13.4. The maximum atomic E-state index is 6.21. The molecule has 0 saturated heterocycles. The Morgan fingerprint density at radius 2 is 1.95 bits per heavy atom. The molecule has 2 N–H and O–H groups in total. The SMILES string of the molecule is CCCCN(c1ncnc(OC(C)C)c1N)C(C)CC. The van der Waals surface area contributed by atoms with Crippen LogP contribution >= 0.6 is 0 Å². The number of anilines is 2. The Balaban J connectivity index is 3.06. The molecule has 0 bridgehead atoms. The van der Waals surface area contributed by atoms with Crippen molar-refractivity contribution < 1.29 is 4.74 Å². The standard InChI is InChI=1S/C15H28N4O/c1-6-8-9-19(12(5)7-2)14-13(16)15(18-10-17-14)20-11(3)4/h10-12H,6-9,16H2,1-5H3. The van der Waals surface area contributed by atoms with Crippen LogP contribution in [0, 0.1) is 0 Å². The summed E-state index contributed by atoms with van der Waals surface area (Å²) in [4.78, 5) is 10.8. The van der Waals surface area contributed by atoms with E-state index < -0.39 is 0 Å². The van der Waals surface area contributed by atoms with Crippen LogP contribution in [0.4, 0.5) is 11.5 Å². The van der Waals surface area contributed by atoms with E-state index >= 15 is 0 Å². The first-order valence-corrected chi connectivity index (χ1v) is 7.54. The molecule has 5 nitrogen and oxygen atoms in total. The van der Waals surface area contributed by atoms with Crippen molar-refractivity contribution in [1.29, 1.82) is 0 Å². The van der Waals surface area contributed by atoms with Gasteiger partial charge in [-0.25, -0.2) is 4.98 Å². The van der Waals surface area contributed by atoms with Gasteiger partial charge in [0.1, 0.15) is 12.0 Å². The molecule has 0 aromatic carbocycles. The Hall–Kier alpha value is -1.52. The minimum atomic E-state index is 0.0488. The molecule has 0 fully saturated rings. The van der Waals surface area contributed by atoms with Crippen LogP contribution < -0.4 is 15.4 Å². The monoisotopic (exact) mass is 280 g/mol. The Kier molecular flexibility index (Phi) is 6.55. The lowest BCUT2D eigenvalue weighted by molar-refractivity contribution is 0.234. The average Bonchev–Trinajstić information content (AvgIpc) is 2.42.